The van der Waals surface area contributed by atoms with Crippen molar-refractivity contribution in [2.45, 2.75) is 12.1 Å². The van der Waals surface area contributed by atoms with Gasteiger partial charge in [-0.3, -0.25) is 0 Å². The summed E-state index contributed by atoms with van der Waals surface area (Å²) in [7, 11) is 6.52. The Labute approximate surface area is 137 Å². The SMILES string of the molecule is NC1CSSCC(N)C(=O)OSSSSSOC1=O. The van der Waals surface area contributed by atoms with Gasteiger partial charge in [0.1, 0.15) is 34.2 Å². The molecule has 0 saturated carbocycles. The van der Waals surface area contributed by atoms with Gasteiger partial charge in [-0.15, -0.1) is 0 Å². The number of carbonyl (C=O) groups is 2. The van der Waals surface area contributed by atoms with Crippen molar-refractivity contribution in [2.24, 2.45) is 11.5 Å². The quantitative estimate of drug-likeness (QED) is 0.461. The summed E-state index contributed by atoms with van der Waals surface area (Å²) in [5.74, 6) is -0.133. The molecule has 13 heteroatoms. The minimum absolute atomic E-state index is 0.396. The second kappa shape index (κ2) is 11.0. The zero-order valence-electron chi connectivity index (χ0n) is 9.21. The maximum atomic E-state index is 11.4. The molecule has 4 N–H and O–H groups in total. The van der Waals surface area contributed by atoms with Crippen LogP contribution in [-0.4, -0.2) is 35.5 Å². The van der Waals surface area contributed by atoms with Crippen LogP contribution in [0.3, 0.4) is 0 Å². The predicted octanol–water partition coefficient (Wildman–Crippen LogP) is 2.28. The number of hydrogen-bond donors (Lipinski definition) is 2. The van der Waals surface area contributed by atoms with Gasteiger partial charge in [-0.1, -0.05) is 21.6 Å². The third kappa shape index (κ3) is 8.36. The first kappa shape index (κ1) is 18.4. The third-order valence-electron chi connectivity index (χ3n) is 1.53. The summed E-state index contributed by atoms with van der Waals surface area (Å²) in [5, 5.41) is 0. The van der Waals surface area contributed by atoms with Crippen LogP contribution in [0.15, 0.2) is 0 Å². The molecule has 1 saturated heterocycles. The van der Waals surface area contributed by atoms with E-state index in [0.29, 0.717) is 11.5 Å². The maximum Gasteiger partial charge on any atom is 0.336 e. The van der Waals surface area contributed by atoms with Gasteiger partial charge in [0.15, 0.2) is 0 Å². The van der Waals surface area contributed by atoms with E-state index < -0.39 is 24.0 Å². The van der Waals surface area contributed by atoms with E-state index in [1.165, 1.54) is 51.1 Å². The lowest BCUT2D eigenvalue weighted by Crippen LogP contribution is -2.34. The summed E-state index contributed by atoms with van der Waals surface area (Å²) in [4.78, 5) is 22.9. The molecule has 1 heterocycles. The Balaban J connectivity index is 2.42. The molecule has 1 fully saturated rings. The molecule has 0 amide bonds. The van der Waals surface area contributed by atoms with Gasteiger partial charge in [0.05, 0.1) is 0 Å². The van der Waals surface area contributed by atoms with Crippen molar-refractivity contribution in [2.75, 3.05) is 11.5 Å². The van der Waals surface area contributed by atoms with Gasteiger partial charge < -0.3 is 19.8 Å². The summed E-state index contributed by atoms with van der Waals surface area (Å²) < 4.78 is 9.78. The van der Waals surface area contributed by atoms with Crippen LogP contribution in [0.25, 0.3) is 0 Å². The fraction of sp³-hybridized carbons (Fsp3) is 0.667. The van der Waals surface area contributed by atoms with Gasteiger partial charge in [-0.2, -0.15) is 0 Å². The van der Waals surface area contributed by atoms with Crippen LogP contribution in [0.1, 0.15) is 0 Å². The van der Waals surface area contributed by atoms with Crippen molar-refractivity contribution in [1.29, 1.82) is 0 Å². The molecule has 0 spiro atoms. The molecule has 0 aromatic rings. The molecule has 2 atom stereocenters. The molecule has 0 bridgehead atoms. The van der Waals surface area contributed by atoms with Crippen molar-refractivity contribution in [1.82, 2.24) is 0 Å². The largest absolute Gasteiger partial charge is 0.377 e. The lowest BCUT2D eigenvalue weighted by molar-refractivity contribution is -0.134. The van der Waals surface area contributed by atoms with Crippen LogP contribution in [0.2, 0.25) is 0 Å². The highest BCUT2D eigenvalue weighted by Gasteiger charge is 2.20. The molecule has 1 aliphatic heterocycles. The lowest BCUT2D eigenvalue weighted by atomic mass is 10.4. The molecule has 2 unspecified atom stereocenters. The predicted molar refractivity (Wildman–Crippen MR) is 91.0 cm³/mol. The van der Waals surface area contributed by atoms with Crippen LogP contribution in [0, 0.1) is 0 Å². The fourth-order valence-corrected chi connectivity index (χ4v) is 8.91. The maximum absolute atomic E-state index is 11.4. The molecule has 0 aromatic heterocycles. The zero-order valence-corrected chi connectivity index (χ0v) is 14.9. The lowest BCUT2D eigenvalue weighted by Gasteiger charge is -2.10. The molecule has 1 aliphatic rings. The second-order valence-corrected chi connectivity index (χ2v) is 12.2. The first-order valence-electron chi connectivity index (χ1n) is 4.62. The van der Waals surface area contributed by atoms with Crippen molar-refractivity contribution >= 4 is 85.2 Å². The first-order chi connectivity index (χ1) is 9.11. The Kier molecular flexibility index (Phi) is 10.6. The van der Waals surface area contributed by atoms with E-state index in [2.05, 4.69) is 0 Å². The van der Waals surface area contributed by atoms with E-state index in [0.717, 1.165) is 22.1 Å². The van der Waals surface area contributed by atoms with Gasteiger partial charge >= 0.3 is 11.9 Å². The minimum Gasteiger partial charge on any atom is -0.377 e. The van der Waals surface area contributed by atoms with Crippen molar-refractivity contribution in [3.8, 4) is 0 Å². The highest BCUT2D eigenvalue weighted by atomic mass is 33.8. The number of nitrogens with two attached hydrogens (primary N) is 2. The number of rotatable bonds is 0. The minimum atomic E-state index is -0.689. The standard InChI is InChI=1S/C6H10N2O4S7/c7-3-1-13-14-2-4(8)6(10)12-16-18-19-17-15-11-5(3)9/h3-4H,1-2,7-8H2. The molecule has 19 heavy (non-hydrogen) atoms. The summed E-state index contributed by atoms with van der Waals surface area (Å²) in [6, 6.07) is -1.38. The van der Waals surface area contributed by atoms with E-state index in [4.69, 9.17) is 19.8 Å². The fourth-order valence-electron chi connectivity index (χ4n) is 0.631. The Bertz CT molecular complexity index is 281. The number of carbonyl (C=O) groups excluding carboxylic acids is 2. The Morgan fingerprint density at radius 3 is 1.68 bits per heavy atom. The second-order valence-electron chi connectivity index (χ2n) is 2.93. The van der Waals surface area contributed by atoms with Crippen LogP contribution in [0.5, 0.6) is 0 Å². The molecule has 0 aromatic carbocycles. The molecule has 6 nitrogen and oxygen atoms in total. The van der Waals surface area contributed by atoms with E-state index >= 15 is 0 Å². The van der Waals surface area contributed by atoms with E-state index in [1.54, 1.807) is 0 Å². The molecular weight excluding hydrogens is 389 g/mol. The van der Waals surface area contributed by atoms with Gasteiger partial charge in [-0.05, 0) is 0 Å². The van der Waals surface area contributed by atoms with Gasteiger partial charge in [0, 0.05) is 41.0 Å². The number of hydrogen-bond acceptors (Lipinski definition) is 13. The Morgan fingerprint density at radius 2 is 1.26 bits per heavy atom. The van der Waals surface area contributed by atoms with Crippen LogP contribution >= 0.6 is 73.2 Å². The van der Waals surface area contributed by atoms with E-state index in [-0.39, 0.29) is 0 Å². The van der Waals surface area contributed by atoms with Crippen molar-refractivity contribution in [3.05, 3.63) is 0 Å². The highest BCUT2D eigenvalue weighted by Crippen LogP contribution is 2.49. The van der Waals surface area contributed by atoms with Gasteiger partial charge in [0.25, 0.3) is 0 Å². The topological polar surface area (TPSA) is 105 Å². The van der Waals surface area contributed by atoms with E-state index in [9.17, 15) is 9.59 Å². The average molecular weight is 399 g/mol. The molecule has 0 radical (unpaired) electrons. The van der Waals surface area contributed by atoms with E-state index in [1.807, 2.05) is 0 Å². The normalized spacial score (nSPS) is 28.7. The highest BCUT2D eigenvalue weighted by molar-refractivity contribution is 9.35. The summed E-state index contributed by atoms with van der Waals surface area (Å²) >= 11 is 1.87. The van der Waals surface area contributed by atoms with Crippen LogP contribution < -0.4 is 11.5 Å². The van der Waals surface area contributed by atoms with Gasteiger partial charge in [0.2, 0.25) is 0 Å². The molecule has 1 rings (SSSR count). The smallest absolute Gasteiger partial charge is 0.336 e. The van der Waals surface area contributed by atoms with Crippen LogP contribution in [-0.2, 0) is 18.0 Å². The van der Waals surface area contributed by atoms with Gasteiger partial charge in [-0.25, -0.2) is 9.59 Å². The summed E-state index contributed by atoms with van der Waals surface area (Å²) in [6.45, 7) is 0. The molecule has 0 aliphatic carbocycles. The van der Waals surface area contributed by atoms with Crippen LogP contribution in [0.4, 0.5) is 0 Å². The summed E-state index contributed by atoms with van der Waals surface area (Å²) in [5.41, 5.74) is 11.3. The average Bonchev–Trinajstić information content (AvgIpc) is 2.40. The monoisotopic (exact) mass is 398 g/mol. The first-order valence-corrected chi connectivity index (χ1v) is 13.1. The van der Waals surface area contributed by atoms with Crippen molar-refractivity contribution < 1.29 is 18.0 Å². The van der Waals surface area contributed by atoms with Crippen molar-refractivity contribution in [3.63, 3.8) is 0 Å². The zero-order chi connectivity index (χ0) is 14.1. The summed E-state index contributed by atoms with van der Waals surface area (Å²) in [6.07, 6.45) is 0. The molecular formula is C6H10N2O4S7. The molecule has 110 valence electrons. The third-order valence-corrected chi connectivity index (χ3v) is 10.8. The Hall–Kier alpha value is 1.31. The Morgan fingerprint density at radius 1 is 0.842 bits per heavy atom.